The third kappa shape index (κ3) is 8.17. The number of rotatable bonds is 14. The molecule has 1 atom stereocenters. The van der Waals surface area contributed by atoms with E-state index in [-0.39, 0.29) is 0 Å². The predicted molar refractivity (Wildman–Crippen MR) is 82.0 cm³/mol. The van der Waals surface area contributed by atoms with Crippen molar-refractivity contribution in [3.8, 4) is 0 Å². The lowest BCUT2D eigenvalue weighted by molar-refractivity contribution is -0.566. The minimum absolute atomic E-state index is 0.521. The maximum Gasteiger partial charge on any atom is 0.508 e. The monoisotopic (exact) mass is 638 g/mol. The topological polar surface area (TPSA) is 98.8 Å². The Hall–Kier alpha value is -2.70. The van der Waals surface area contributed by atoms with Gasteiger partial charge in [-0.1, -0.05) is 0 Å². The normalized spacial score (nSPS) is 18.3. The number of hydrogen-bond acceptors (Lipinski definition) is 9. The second kappa shape index (κ2) is 10.9. The van der Waals surface area contributed by atoms with Crippen molar-refractivity contribution < 1.29 is 113 Å². The van der Waals surface area contributed by atoms with E-state index in [0.29, 0.717) is 0 Å². The van der Waals surface area contributed by atoms with E-state index in [2.05, 4.69) is 23.7 Å². The zero-order valence-electron chi connectivity index (χ0n) is 18.4. The first-order valence-electron chi connectivity index (χ1n) is 9.24. The van der Waals surface area contributed by atoms with Crippen molar-refractivity contribution in [3.05, 3.63) is 0 Å². The summed E-state index contributed by atoms with van der Waals surface area (Å²) in [6, 6.07) is 0. The summed E-state index contributed by atoms with van der Waals surface area (Å²) in [5.41, 5.74) is 0. The lowest BCUT2D eigenvalue weighted by Gasteiger charge is -2.36. The van der Waals surface area contributed by atoms with Gasteiger partial charge >= 0.3 is 60.8 Å². The summed E-state index contributed by atoms with van der Waals surface area (Å²) >= 11 is 0. The maximum atomic E-state index is 13.4. The van der Waals surface area contributed by atoms with Crippen molar-refractivity contribution >= 4 is 12.3 Å². The van der Waals surface area contributed by atoms with Crippen molar-refractivity contribution in [2.75, 3.05) is 19.8 Å². The van der Waals surface area contributed by atoms with Gasteiger partial charge in [0.25, 0.3) is 0 Å². The van der Waals surface area contributed by atoms with Gasteiger partial charge in [0, 0.05) is 6.92 Å². The van der Waals surface area contributed by atoms with E-state index in [9.17, 15) is 79.8 Å². The molecule has 0 aromatic rings. The van der Waals surface area contributed by atoms with E-state index >= 15 is 0 Å². The largest absolute Gasteiger partial charge is 0.508 e. The van der Waals surface area contributed by atoms with Crippen LogP contribution in [-0.2, 0) is 33.2 Å². The fraction of sp³-hybridized carbons (Fsp3) is 0.867. The minimum atomic E-state index is -7.57. The number of carbonyl (C=O) groups excluding carboxylic acids is 2. The molecule has 0 aliphatic carbocycles. The number of halogens is 16. The highest BCUT2D eigenvalue weighted by Crippen LogP contribution is 2.52. The molecule has 1 unspecified atom stereocenters. The van der Waals surface area contributed by atoms with Gasteiger partial charge in [-0.2, -0.15) is 70.2 Å². The summed E-state index contributed by atoms with van der Waals surface area (Å²) in [5, 5.41) is 0. The maximum absolute atomic E-state index is 13.4. The Morgan fingerprint density at radius 2 is 1.15 bits per heavy atom. The number of alkyl halides is 16. The lowest BCUT2D eigenvalue weighted by atomic mass is 10.2. The van der Waals surface area contributed by atoms with Crippen LogP contribution in [0.4, 0.5) is 79.8 Å². The van der Waals surface area contributed by atoms with Crippen LogP contribution >= 0.6 is 0 Å². The molecular formula is C15H10F16O9. The Bertz CT molecular complexity index is 920. The molecule has 25 heteroatoms. The zero-order chi connectivity index (χ0) is 31.8. The van der Waals surface area contributed by atoms with Gasteiger partial charge in [0.15, 0.2) is 12.7 Å². The molecular weight excluding hydrogens is 628 g/mol. The number of hydrogen-bond donors (Lipinski definition) is 0. The Morgan fingerprint density at radius 1 is 0.725 bits per heavy atom. The lowest BCUT2D eigenvalue weighted by Crippen LogP contribution is -2.61. The first kappa shape index (κ1) is 35.3. The highest BCUT2D eigenvalue weighted by atomic mass is 19.4. The Balaban J connectivity index is 2.90. The van der Waals surface area contributed by atoms with Crippen molar-refractivity contribution in [3.63, 3.8) is 0 Å². The predicted octanol–water partition coefficient (Wildman–Crippen LogP) is 5.57. The van der Waals surface area contributed by atoms with E-state index in [1.54, 1.807) is 4.74 Å². The highest BCUT2D eigenvalue weighted by Gasteiger charge is 2.78. The Kier molecular flexibility index (Phi) is 9.66. The summed E-state index contributed by atoms with van der Waals surface area (Å²) < 4.78 is 232. The Morgan fingerprint density at radius 3 is 1.55 bits per heavy atom. The molecule has 0 radical (unpaired) electrons. The fourth-order valence-corrected chi connectivity index (χ4v) is 1.89. The van der Waals surface area contributed by atoms with Crippen LogP contribution in [-0.4, -0.2) is 86.7 Å². The number of ether oxygens (including phenoxy) is 7. The summed E-state index contributed by atoms with van der Waals surface area (Å²) in [6.45, 7) is -5.31. The van der Waals surface area contributed by atoms with E-state index in [4.69, 9.17) is 0 Å². The molecule has 0 amide bonds. The van der Waals surface area contributed by atoms with Crippen molar-refractivity contribution in [2.45, 2.75) is 61.5 Å². The van der Waals surface area contributed by atoms with E-state index in [1.165, 1.54) is 4.74 Å². The van der Waals surface area contributed by atoms with Gasteiger partial charge in [0.1, 0.15) is 13.2 Å². The molecule has 0 saturated carbocycles. The summed E-state index contributed by atoms with van der Waals surface area (Å²) in [6.07, 6.45) is -47.6. The van der Waals surface area contributed by atoms with Crippen molar-refractivity contribution in [2.24, 2.45) is 0 Å². The molecule has 1 aliphatic heterocycles. The molecule has 1 aliphatic rings. The first-order valence-corrected chi connectivity index (χ1v) is 9.24. The van der Waals surface area contributed by atoms with Gasteiger partial charge in [0.2, 0.25) is 0 Å². The van der Waals surface area contributed by atoms with Crippen LogP contribution in [0.5, 0.6) is 0 Å². The molecule has 1 heterocycles. The number of cyclic esters (lactones) is 2. The molecule has 1 saturated heterocycles. The van der Waals surface area contributed by atoms with Crippen LogP contribution in [0.1, 0.15) is 6.92 Å². The summed E-state index contributed by atoms with van der Waals surface area (Å²) in [4.78, 5) is 21.7. The van der Waals surface area contributed by atoms with Crippen LogP contribution in [0.2, 0.25) is 0 Å². The van der Waals surface area contributed by atoms with Crippen LogP contribution in [0, 0.1) is 0 Å². The highest BCUT2D eigenvalue weighted by molar-refractivity contribution is 5.62. The molecule has 0 aromatic carbocycles. The third-order valence-electron chi connectivity index (χ3n) is 3.78. The van der Waals surface area contributed by atoms with Crippen LogP contribution in [0.3, 0.4) is 0 Å². The van der Waals surface area contributed by atoms with Gasteiger partial charge in [-0.3, -0.25) is 0 Å². The number of carbonyl (C=O) groups is 2. The molecule has 1 rings (SSSR count). The molecule has 0 bridgehead atoms. The third-order valence-corrected chi connectivity index (χ3v) is 3.78. The second-order valence-electron chi connectivity index (χ2n) is 7.14. The molecule has 40 heavy (non-hydrogen) atoms. The van der Waals surface area contributed by atoms with Gasteiger partial charge in [-0.25, -0.2) is 23.8 Å². The molecule has 0 aromatic heterocycles. The second-order valence-corrected chi connectivity index (χ2v) is 7.14. The minimum Gasteiger partial charge on any atom is -0.430 e. The fourth-order valence-electron chi connectivity index (χ4n) is 1.89. The summed E-state index contributed by atoms with van der Waals surface area (Å²) in [7, 11) is 0. The van der Waals surface area contributed by atoms with E-state index in [1.807, 2.05) is 0 Å². The quantitative estimate of drug-likeness (QED) is 0.179. The van der Waals surface area contributed by atoms with Crippen LogP contribution < -0.4 is 0 Å². The van der Waals surface area contributed by atoms with Gasteiger partial charge in [-0.15, -0.1) is 0 Å². The van der Waals surface area contributed by atoms with E-state index in [0.717, 1.165) is 0 Å². The van der Waals surface area contributed by atoms with Gasteiger partial charge in [-0.05, 0) is 0 Å². The van der Waals surface area contributed by atoms with Crippen molar-refractivity contribution in [1.29, 1.82) is 0 Å². The average molecular weight is 638 g/mol. The first-order chi connectivity index (χ1) is 17.5. The van der Waals surface area contributed by atoms with Crippen LogP contribution in [0.15, 0.2) is 0 Å². The van der Waals surface area contributed by atoms with Crippen LogP contribution in [0.25, 0.3) is 0 Å². The van der Waals surface area contributed by atoms with Gasteiger partial charge in [0.05, 0.1) is 0 Å². The molecule has 236 valence electrons. The Labute approximate surface area is 208 Å². The SMILES string of the molecule is CC(F)(F)C(F)(F)C(F)(F)OC(F)(F)C(F)(F)OC(F)(F)C(F)(F)OC(F)(F)COC(=O)OCC1COC(=O)O1. The molecule has 1 fully saturated rings. The van der Waals surface area contributed by atoms with Gasteiger partial charge < -0.3 is 18.9 Å². The molecule has 9 nitrogen and oxygen atoms in total. The molecule has 0 N–H and O–H groups in total. The standard InChI is InChI=1S/C15H10F16O9/c1-8(16,17)10(20,21)11(22,23)39-14(28,29)15(30,31)40-13(26,27)12(24,25)38-9(18,19)4-36-6(32)34-2-5-3-35-7(33)37-5/h5H,2-4H2,1H3. The zero-order valence-corrected chi connectivity index (χ0v) is 18.4. The smallest absolute Gasteiger partial charge is 0.430 e. The van der Waals surface area contributed by atoms with Crippen molar-refractivity contribution in [1.82, 2.24) is 0 Å². The average Bonchev–Trinajstić information content (AvgIpc) is 3.12. The molecule has 0 spiro atoms. The summed E-state index contributed by atoms with van der Waals surface area (Å²) in [5.74, 6) is -13.0. The van der Waals surface area contributed by atoms with E-state index < -0.39 is 93.7 Å².